The van der Waals surface area contributed by atoms with E-state index in [9.17, 15) is 4.79 Å². The molecule has 0 rings (SSSR count). The van der Waals surface area contributed by atoms with Crippen molar-refractivity contribution in [2.45, 2.75) is 51.9 Å². The molecular formula is C10H22O2Si. The lowest BCUT2D eigenvalue weighted by molar-refractivity contribution is -0.140. The Labute approximate surface area is 82.7 Å². The van der Waals surface area contributed by atoms with E-state index in [4.69, 9.17) is 4.74 Å². The van der Waals surface area contributed by atoms with Crippen LogP contribution in [0, 0.1) is 0 Å². The number of hydrogen-bond donors (Lipinski definition) is 0. The van der Waals surface area contributed by atoms with E-state index in [-0.39, 0.29) is 5.97 Å². The van der Waals surface area contributed by atoms with Crippen molar-refractivity contribution >= 4 is 14.0 Å². The fourth-order valence-electron chi connectivity index (χ4n) is 1.64. The second-order valence-corrected chi connectivity index (χ2v) is 9.02. The molecule has 0 saturated carbocycles. The molecule has 13 heavy (non-hydrogen) atoms. The molecule has 0 amide bonds. The predicted molar refractivity (Wildman–Crippen MR) is 58.6 cm³/mol. The first kappa shape index (κ1) is 12.7. The molecule has 0 N–H and O–H groups in total. The minimum absolute atomic E-state index is 0.0136. The first-order valence-electron chi connectivity index (χ1n) is 5.29. The lowest BCUT2D eigenvalue weighted by Crippen LogP contribution is -2.34. The zero-order chi connectivity index (χ0) is 10.3. The van der Waals surface area contributed by atoms with Gasteiger partial charge in [-0.25, -0.2) is 0 Å². The monoisotopic (exact) mass is 202 g/mol. The average molecular weight is 202 g/mol. The second-order valence-electron chi connectivity index (χ2n) is 3.54. The lowest BCUT2D eigenvalue weighted by atomic mass is 10.7. The first-order chi connectivity index (χ1) is 6.14. The summed E-state index contributed by atoms with van der Waals surface area (Å²) in [6, 6.07) is 4.29. The largest absolute Gasteiger partial charge is 0.466 e. The van der Waals surface area contributed by atoms with E-state index in [0.717, 1.165) is 0 Å². The molecule has 0 radical (unpaired) electrons. The molecule has 0 aromatic rings. The Morgan fingerprint density at radius 1 is 1.08 bits per heavy atom. The highest BCUT2D eigenvalue weighted by Gasteiger charge is 2.30. The van der Waals surface area contributed by atoms with E-state index in [1.807, 2.05) is 6.92 Å². The molecule has 0 bridgehead atoms. The second kappa shape index (κ2) is 6.19. The van der Waals surface area contributed by atoms with E-state index in [1.165, 1.54) is 18.1 Å². The molecule has 2 nitrogen and oxygen atoms in total. The standard InChI is InChI=1S/C10H22O2Si/c1-5-12-10(11)9-13(6-2,7-3)8-4/h5-9H2,1-4H3. The highest BCUT2D eigenvalue weighted by atomic mass is 28.3. The third kappa shape index (κ3) is 3.94. The van der Waals surface area contributed by atoms with Gasteiger partial charge in [-0.1, -0.05) is 38.9 Å². The summed E-state index contributed by atoms with van der Waals surface area (Å²) >= 11 is 0. The molecule has 0 aliphatic heterocycles. The van der Waals surface area contributed by atoms with Gasteiger partial charge in [0.15, 0.2) is 0 Å². The maximum Gasteiger partial charge on any atom is 0.303 e. The van der Waals surface area contributed by atoms with Crippen molar-refractivity contribution in [3.63, 3.8) is 0 Å². The zero-order valence-corrected chi connectivity index (χ0v) is 10.4. The van der Waals surface area contributed by atoms with E-state index in [0.29, 0.717) is 12.7 Å². The normalized spacial score (nSPS) is 11.4. The molecule has 0 heterocycles. The summed E-state index contributed by atoms with van der Waals surface area (Å²) in [5.41, 5.74) is 0. The van der Waals surface area contributed by atoms with Crippen LogP contribution in [0.5, 0.6) is 0 Å². The Balaban J connectivity index is 4.16. The molecule has 0 unspecified atom stereocenters. The summed E-state index contributed by atoms with van der Waals surface area (Å²) in [4.78, 5) is 11.3. The average Bonchev–Trinajstić information content (AvgIpc) is 2.15. The fourth-order valence-corrected chi connectivity index (χ4v) is 4.61. The van der Waals surface area contributed by atoms with Crippen LogP contribution in [-0.2, 0) is 9.53 Å². The molecule has 3 heteroatoms. The quantitative estimate of drug-likeness (QED) is 0.489. The van der Waals surface area contributed by atoms with E-state index in [1.54, 1.807) is 0 Å². The first-order valence-corrected chi connectivity index (χ1v) is 8.12. The van der Waals surface area contributed by atoms with Gasteiger partial charge in [-0.3, -0.25) is 4.79 Å². The predicted octanol–water partition coefficient (Wildman–Crippen LogP) is 3.06. The molecule has 0 atom stereocenters. The zero-order valence-electron chi connectivity index (χ0n) is 9.35. The summed E-state index contributed by atoms with van der Waals surface area (Å²) in [5.74, 6) is 0.0136. The van der Waals surface area contributed by atoms with Gasteiger partial charge in [0.05, 0.1) is 14.7 Å². The highest BCUT2D eigenvalue weighted by molar-refractivity contribution is 6.82. The van der Waals surface area contributed by atoms with Crippen LogP contribution in [0.25, 0.3) is 0 Å². The Bertz CT molecular complexity index is 145. The molecule has 0 aromatic heterocycles. The van der Waals surface area contributed by atoms with Crippen LogP contribution in [0.15, 0.2) is 0 Å². The van der Waals surface area contributed by atoms with Crippen LogP contribution in [0.1, 0.15) is 27.7 Å². The Kier molecular flexibility index (Phi) is 6.04. The van der Waals surface area contributed by atoms with Gasteiger partial charge in [0.25, 0.3) is 0 Å². The summed E-state index contributed by atoms with van der Waals surface area (Å²) in [6.45, 7) is 9.00. The van der Waals surface area contributed by atoms with Gasteiger partial charge in [0.1, 0.15) is 0 Å². The Morgan fingerprint density at radius 2 is 1.54 bits per heavy atom. The van der Waals surface area contributed by atoms with Crippen LogP contribution in [-0.4, -0.2) is 20.7 Å². The number of ether oxygens (including phenoxy) is 1. The van der Waals surface area contributed by atoms with Crippen molar-refractivity contribution in [3.8, 4) is 0 Å². The molecule has 78 valence electrons. The van der Waals surface area contributed by atoms with E-state index >= 15 is 0 Å². The van der Waals surface area contributed by atoms with Gasteiger partial charge < -0.3 is 4.74 Å². The minimum atomic E-state index is -1.29. The van der Waals surface area contributed by atoms with Crippen molar-refractivity contribution in [2.24, 2.45) is 0 Å². The van der Waals surface area contributed by atoms with Crippen LogP contribution >= 0.6 is 0 Å². The molecule has 0 saturated heterocycles. The van der Waals surface area contributed by atoms with Gasteiger partial charge in [-0.2, -0.15) is 0 Å². The maximum atomic E-state index is 11.3. The molecular weight excluding hydrogens is 180 g/mol. The Morgan fingerprint density at radius 3 is 1.85 bits per heavy atom. The van der Waals surface area contributed by atoms with Crippen LogP contribution < -0.4 is 0 Å². The number of carbonyl (C=O) groups excluding carboxylic acids is 1. The minimum Gasteiger partial charge on any atom is -0.466 e. The van der Waals surface area contributed by atoms with Crippen molar-refractivity contribution in [2.75, 3.05) is 6.61 Å². The molecule has 0 aliphatic rings. The van der Waals surface area contributed by atoms with Crippen molar-refractivity contribution in [3.05, 3.63) is 0 Å². The fraction of sp³-hybridized carbons (Fsp3) is 0.900. The van der Waals surface area contributed by atoms with Crippen LogP contribution in [0.2, 0.25) is 24.2 Å². The van der Waals surface area contributed by atoms with Gasteiger partial charge in [0, 0.05) is 6.04 Å². The number of esters is 1. The van der Waals surface area contributed by atoms with Gasteiger partial charge in [0.2, 0.25) is 0 Å². The SMILES string of the molecule is CCOC(=O)C[Si](CC)(CC)CC. The van der Waals surface area contributed by atoms with Crippen molar-refractivity contribution < 1.29 is 9.53 Å². The number of carbonyl (C=O) groups is 1. The number of rotatable bonds is 6. The van der Waals surface area contributed by atoms with Crippen molar-refractivity contribution in [1.82, 2.24) is 0 Å². The van der Waals surface area contributed by atoms with Crippen LogP contribution in [0.3, 0.4) is 0 Å². The highest BCUT2D eigenvalue weighted by Crippen LogP contribution is 2.25. The Hall–Kier alpha value is -0.313. The third-order valence-corrected chi connectivity index (χ3v) is 8.61. The summed E-state index contributed by atoms with van der Waals surface area (Å²) in [6.07, 6.45) is 0. The van der Waals surface area contributed by atoms with E-state index in [2.05, 4.69) is 20.8 Å². The van der Waals surface area contributed by atoms with Gasteiger partial charge in [-0.05, 0) is 6.92 Å². The summed E-state index contributed by atoms with van der Waals surface area (Å²) in [7, 11) is -1.29. The number of hydrogen-bond acceptors (Lipinski definition) is 2. The summed E-state index contributed by atoms with van der Waals surface area (Å²) < 4.78 is 5.00. The van der Waals surface area contributed by atoms with E-state index < -0.39 is 8.07 Å². The molecule has 0 fully saturated rings. The van der Waals surface area contributed by atoms with Gasteiger partial charge >= 0.3 is 5.97 Å². The van der Waals surface area contributed by atoms with Crippen LogP contribution in [0.4, 0.5) is 0 Å². The molecule has 0 spiro atoms. The smallest absolute Gasteiger partial charge is 0.303 e. The maximum absolute atomic E-state index is 11.3. The molecule has 0 aliphatic carbocycles. The summed E-state index contributed by atoms with van der Waals surface area (Å²) in [5, 5.41) is 0. The third-order valence-electron chi connectivity index (χ3n) is 3.07. The lowest BCUT2D eigenvalue weighted by Gasteiger charge is -2.26. The molecule has 0 aromatic carbocycles. The van der Waals surface area contributed by atoms with Gasteiger partial charge in [-0.15, -0.1) is 0 Å². The topological polar surface area (TPSA) is 26.3 Å². The van der Waals surface area contributed by atoms with Crippen molar-refractivity contribution in [1.29, 1.82) is 0 Å².